The van der Waals surface area contributed by atoms with Crippen LogP contribution in [-0.2, 0) is 4.79 Å². The molecule has 0 saturated carbocycles. The van der Waals surface area contributed by atoms with E-state index in [1.54, 1.807) is 6.07 Å². The van der Waals surface area contributed by atoms with Crippen LogP contribution in [0.4, 0.5) is 0 Å². The highest BCUT2D eigenvalue weighted by atomic mass is 32.1. The largest absolute Gasteiger partial charge is 0.478 e. The van der Waals surface area contributed by atoms with Crippen LogP contribution in [0.15, 0.2) is 17.5 Å². The van der Waals surface area contributed by atoms with Crippen molar-refractivity contribution in [3.63, 3.8) is 0 Å². The predicted octanol–water partition coefficient (Wildman–Crippen LogP) is 3.50. The second kappa shape index (κ2) is 7.41. The SMILES string of the molecule is CCC1CCCN(C(=O)c2csc(C=CC(=O)O)c2)CC1. The van der Waals surface area contributed by atoms with Crippen LogP contribution in [-0.4, -0.2) is 35.0 Å². The Kier molecular flexibility index (Phi) is 5.56. The van der Waals surface area contributed by atoms with Crippen LogP contribution in [0.5, 0.6) is 0 Å². The summed E-state index contributed by atoms with van der Waals surface area (Å²) >= 11 is 1.40. The van der Waals surface area contributed by atoms with Gasteiger partial charge >= 0.3 is 5.97 Å². The molecule has 2 rings (SSSR count). The van der Waals surface area contributed by atoms with E-state index in [2.05, 4.69) is 6.92 Å². The normalized spacial score (nSPS) is 19.7. The van der Waals surface area contributed by atoms with Crippen molar-refractivity contribution < 1.29 is 14.7 Å². The number of hydrogen-bond donors (Lipinski definition) is 1. The molecule has 1 aliphatic rings. The van der Waals surface area contributed by atoms with Gasteiger partial charge in [0.05, 0.1) is 5.56 Å². The Balaban J connectivity index is 2.01. The molecule has 5 heteroatoms. The number of nitrogens with zero attached hydrogens (tertiary/aromatic N) is 1. The maximum Gasteiger partial charge on any atom is 0.328 e. The summed E-state index contributed by atoms with van der Waals surface area (Å²) < 4.78 is 0. The van der Waals surface area contributed by atoms with E-state index in [1.165, 1.54) is 30.3 Å². The number of hydrogen-bond acceptors (Lipinski definition) is 3. The summed E-state index contributed by atoms with van der Waals surface area (Å²) in [6, 6.07) is 1.77. The molecule has 1 fully saturated rings. The minimum absolute atomic E-state index is 0.0676. The fraction of sp³-hybridized carbons (Fsp3) is 0.500. The molecule has 1 saturated heterocycles. The summed E-state index contributed by atoms with van der Waals surface area (Å²) in [6.07, 6.45) is 7.16. The van der Waals surface area contributed by atoms with Crippen molar-refractivity contribution in [1.82, 2.24) is 4.90 Å². The quantitative estimate of drug-likeness (QED) is 0.866. The lowest BCUT2D eigenvalue weighted by Gasteiger charge is -2.19. The first-order valence-corrected chi connectivity index (χ1v) is 8.27. The van der Waals surface area contributed by atoms with Gasteiger partial charge in [-0.15, -0.1) is 11.3 Å². The van der Waals surface area contributed by atoms with E-state index >= 15 is 0 Å². The third-order valence-electron chi connectivity index (χ3n) is 3.97. The van der Waals surface area contributed by atoms with Gasteiger partial charge in [-0.3, -0.25) is 4.79 Å². The summed E-state index contributed by atoms with van der Waals surface area (Å²) in [5, 5.41) is 10.4. The number of carboxylic acid groups (broad SMARTS) is 1. The van der Waals surface area contributed by atoms with Gasteiger partial charge in [-0.05, 0) is 37.3 Å². The Hall–Kier alpha value is -1.62. The Labute approximate surface area is 129 Å². The van der Waals surface area contributed by atoms with Gasteiger partial charge in [0.1, 0.15) is 0 Å². The highest BCUT2D eigenvalue weighted by molar-refractivity contribution is 7.11. The van der Waals surface area contributed by atoms with Gasteiger partial charge in [-0.1, -0.05) is 13.3 Å². The maximum atomic E-state index is 12.5. The smallest absolute Gasteiger partial charge is 0.328 e. The molecule has 1 amide bonds. The minimum Gasteiger partial charge on any atom is -0.478 e. The van der Waals surface area contributed by atoms with Crippen LogP contribution in [0, 0.1) is 5.92 Å². The third-order valence-corrected chi connectivity index (χ3v) is 4.87. The second-order valence-corrected chi connectivity index (χ2v) is 6.35. The van der Waals surface area contributed by atoms with Gasteiger partial charge < -0.3 is 10.0 Å². The van der Waals surface area contributed by atoms with Gasteiger partial charge in [-0.2, -0.15) is 0 Å². The lowest BCUT2D eigenvalue weighted by atomic mass is 9.98. The molecule has 0 radical (unpaired) electrons. The molecule has 0 aromatic carbocycles. The zero-order chi connectivity index (χ0) is 15.2. The van der Waals surface area contributed by atoms with E-state index in [4.69, 9.17) is 5.11 Å². The van der Waals surface area contributed by atoms with Crippen LogP contribution in [0.3, 0.4) is 0 Å². The van der Waals surface area contributed by atoms with Crippen molar-refractivity contribution in [1.29, 1.82) is 0 Å². The molecule has 114 valence electrons. The molecule has 2 heterocycles. The van der Waals surface area contributed by atoms with Crippen molar-refractivity contribution >= 4 is 29.3 Å². The maximum absolute atomic E-state index is 12.5. The van der Waals surface area contributed by atoms with Gasteiger partial charge in [0.25, 0.3) is 5.91 Å². The van der Waals surface area contributed by atoms with Crippen molar-refractivity contribution in [3.8, 4) is 0 Å². The van der Waals surface area contributed by atoms with Crippen molar-refractivity contribution in [3.05, 3.63) is 28.0 Å². The Morgan fingerprint density at radius 1 is 1.43 bits per heavy atom. The van der Waals surface area contributed by atoms with Crippen molar-refractivity contribution in [2.24, 2.45) is 5.92 Å². The molecule has 0 spiro atoms. The Morgan fingerprint density at radius 2 is 2.24 bits per heavy atom. The molecule has 4 nitrogen and oxygen atoms in total. The first-order chi connectivity index (χ1) is 10.1. The molecule has 1 aromatic heterocycles. The molecular formula is C16H21NO3S. The third kappa shape index (κ3) is 4.43. The summed E-state index contributed by atoms with van der Waals surface area (Å²) in [6.45, 7) is 3.86. The van der Waals surface area contributed by atoms with Gasteiger partial charge in [0.15, 0.2) is 0 Å². The van der Waals surface area contributed by atoms with Gasteiger partial charge in [0, 0.05) is 29.4 Å². The molecule has 0 bridgehead atoms. The highest BCUT2D eigenvalue weighted by Gasteiger charge is 2.21. The molecular weight excluding hydrogens is 286 g/mol. The van der Waals surface area contributed by atoms with Crippen LogP contribution >= 0.6 is 11.3 Å². The number of thiophene rings is 1. The number of carbonyl (C=O) groups excluding carboxylic acids is 1. The fourth-order valence-electron chi connectivity index (χ4n) is 2.67. The van der Waals surface area contributed by atoms with E-state index < -0.39 is 5.97 Å². The summed E-state index contributed by atoms with van der Waals surface area (Å²) in [4.78, 5) is 25.7. The molecule has 1 aromatic rings. The zero-order valence-corrected chi connectivity index (χ0v) is 13.1. The number of aliphatic carboxylic acids is 1. The molecule has 1 N–H and O–H groups in total. The van der Waals surface area contributed by atoms with Crippen LogP contribution in [0.1, 0.15) is 47.8 Å². The number of likely N-dealkylation sites (tertiary alicyclic amines) is 1. The first kappa shape index (κ1) is 15.8. The Bertz CT molecular complexity index is 535. The number of carbonyl (C=O) groups is 2. The van der Waals surface area contributed by atoms with Crippen molar-refractivity contribution in [2.75, 3.05) is 13.1 Å². The highest BCUT2D eigenvalue weighted by Crippen LogP contribution is 2.23. The number of carboxylic acids is 1. The average molecular weight is 307 g/mol. The summed E-state index contributed by atoms with van der Waals surface area (Å²) in [5.41, 5.74) is 0.667. The van der Waals surface area contributed by atoms with Crippen molar-refractivity contribution in [2.45, 2.75) is 32.6 Å². The summed E-state index contributed by atoms with van der Waals surface area (Å²) in [5.74, 6) is -0.174. The molecule has 0 aliphatic carbocycles. The first-order valence-electron chi connectivity index (χ1n) is 7.39. The van der Waals surface area contributed by atoms with E-state index in [-0.39, 0.29) is 5.91 Å². The fourth-order valence-corrected chi connectivity index (χ4v) is 3.44. The number of amides is 1. The zero-order valence-electron chi connectivity index (χ0n) is 12.2. The van der Waals surface area contributed by atoms with Crippen LogP contribution in [0.25, 0.3) is 6.08 Å². The Morgan fingerprint density at radius 3 is 2.95 bits per heavy atom. The topological polar surface area (TPSA) is 57.6 Å². The van der Waals surface area contributed by atoms with Gasteiger partial charge in [-0.25, -0.2) is 4.79 Å². The lowest BCUT2D eigenvalue weighted by molar-refractivity contribution is -0.131. The molecule has 1 aliphatic heterocycles. The van der Waals surface area contributed by atoms with Gasteiger partial charge in [0.2, 0.25) is 0 Å². The van der Waals surface area contributed by atoms with E-state index in [0.29, 0.717) is 5.56 Å². The monoisotopic (exact) mass is 307 g/mol. The average Bonchev–Trinajstić information content (AvgIpc) is 2.81. The molecule has 1 atom stereocenters. The van der Waals surface area contributed by atoms with E-state index in [1.807, 2.05) is 10.3 Å². The molecule has 1 unspecified atom stereocenters. The standard InChI is InChI=1S/C16H21NO3S/c1-2-12-4-3-8-17(9-7-12)16(20)13-10-14(21-11-13)5-6-15(18)19/h5-6,10-12H,2-4,7-9H2,1H3,(H,18,19). The van der Waals surface area contributed by atoms with Crippen LogP contribution in [0.2, 0.25) is 0 Å². The van der Waals surface area contributed by atoms with E-state index in [0.717, 1.165) is 42.8 Å². The summed E-state index contributed by atoms with van der Waals surface area (Å²) in [7, 11) is 0. The van der Waals surface area contributed by atoms with Crippen LogP contribution < -0.4 is 0 Å². The number of rotatable bonds is 4. The predicted molar refractivity (Wildman–Crippen MR) is 84.5 cm³/mol. The minimum atomic E-state index is -0.977. The lowest BCUT2D eigenvalue weighted by Crippen LogP contribution is -2.31. The van der Waals surface area contributed by atoms with E-state index in [9.17, 15) is 9.59 Å². The second-order valence-electron chi connectivity index (χ2n) is 5.41. The molecule has 21 heavy (non-hydrogen) atoms.